The second-order valence-corrected chi connectivity index (χ2v) is 7.94. The highest BCUT2D eigenvalue weighted by Gasteiger charge is 2.40. The van der Waals surface area contributed by atoms with Gasteiger partial charge in [0.2, 0.25) is 11.7 Å². The molecule has 1 spiro atoms. The smallest absolute Gasteiger partial charge is 0.297 e. The number of carbonyl (C=O) groups excluding carboxylic acids is 1. The molecule has 160 valence electrons. The summed E-state index contributed by atoms with van der Waals surface area (Å²) in [5.41, 5.74) is -0.551. The zero-order chi connectivity index (χ0) is 21.3. The van der Waals surface area contributed by atoms with Crippen molar-refractivity contribution >= 4 is 11.9 Å². The molecule has 1 saturated carbocycles. The summed E-state index contributed by atoms with van der Waals surface area (Å²) in [5.74, 6) is -1.40. The molecule has 1 aromatic carbocycles. The summed E-state index contributed by atoms with van der Waals surface area (Å²) in [6.07, 6.45) is 4.13. The summed E-state index contributed by atoms with van der Waals surface area (Å²) in [6.45, 7) is 1.77. The summed E-state index contributed by atoms with van der Waals surface area (Å²) in [6, 6.07) is 5.69. The molecule has 30 heavy (non-hydrogen) atoms. The Labute approximate surface area is 173 Å². The van der Waals surface area contributed by atoms with Crippen LogP contribution in [-0.4, -0.2) is 45.9 Å². The van der Waals surface area contributed by atoms with Crippen LogP contribution in [0.2, 0.25) is 0 Å². The van der Waals surface area contributed by atoms with Gasteiger partial charge in [0.1, 0.15) is 5.82 Å². The zero-order valence-corrected chi connectivity index (χ0v) is 16.9. The van der Waals surface area contributed by atoms with E-state index in [1.165, 1.54) is 23.7 Å². The fourth-order valence-corrected chi connectivity index (χ4v) is 4.23. The van der Waals surface area contributed by atoms with Crippen molar-refractivity contribution in [3.05, 3.63) is 51.7 Å². The SMILES string of the molecule is Cn1c(N2CCOC3(CCCC3)C2)nc(C(=O)NCc2ccc(F)cc2)c(O)c1=O. The molecule has 2 heterocycles. The number of rotatable bonds is 4. The van der Waals surface area contributed by atoms with Gasteiger partial charge in [0.05, 0.1) is 12.2 Å². The third kappa shape index (κ3) is 3.89. The molecule has 2 fully saturated rings. The lowest BCUT2D eigenvalue weighted by atomic mass is 10.00. The number of hydrogen-bond donors (Lipinski definition) is 2. The maximum Gasteiger partial charge on any atom is 0.297 e. The zero-order valence-electron chi connectivity index (χ0n) is 16.9. The van der Waals surface area contributed by atoms with E-state index in [1.54, 1.807) is 12.1 Å². The van der Waals surface area contributed by atoms with Crippen molar-refractivity contribution in [2.24, 2.45) is 7.05 Å². The highest BCUT2D eigenvalue weighted by atomic mass is 19.1. The number of halogens is 1. The number of nitrogens with one attached hydrogen (secondary N) is 1. The second kappa shape index (κ2) is 8.06. The number of hydrogen-bond acceptors (Lipinski definition) is 6. The van der Waals surface area contributed by atoms with Crippen LogP contribution in [0.4, 0.5) is 10.3 Å². The number of anilines is 1. The standard InChI is InChI=1S/C21H25FN4O4/c1-25-19(29)17(27)16(18(28)23-12-14-4-6-15(22)7-5-14)24-20(25)26-10-11-30-21(13-26)8-2-3-9-21/h4-7,27H,2-3,8-13H2,1H3,(H,23,28). The maximum atomic E-state index is 13.0. The number of benzene rings is 1. The molecule has 1 saturated heterocycles. The first-order valence-corrected chi connectivity index (χ1v) is 10.1. The van der Waals surface area contributed by atoms with E-state index in [4.69, 9.17) is 4.74 Å². The Morgan fingerprint density at radius 2 is 2.00 bits per heavy atom. The Hall–Kier alpha value is -2.94. The first-order valence-electron chi connectivity index (χ1n) is 10.1. The molecular weight excluding hydrogens is 391 g/mol. The van der Waals surface area contributed by atoms with E-state index in [0.29, 0.717) is 31.2 Å². The molecule has 4 rings (SSSR count). The number of morpholine rings is 1. The van der Waals surface area contributed by atoms with Crippen molar-refractivity contribution < 1.29 is 19.0 Å². The van der Waals surface area contributed by atoms with Crippen molar-refractivity contribution in [1.82, 2.24) is 14.9 Å². The van der Waals surface area contributed by atoms with E-state index in [0.717, 1.165) is 25.7 Å². The number of nitrogens with zero attached hydrogens (tertiary/aromatic N) is 3. The minimum Gasteiger partial charge on any atom is -0.501 e. The van der Waals surface area contributed by atoms with Gasteiger partial charge < -0.3 is 20.1 Å². The number of ether oxygens (including phenoxy) is 1. The summed E-state index contributed by atoms with van der Waals surface area (Å²) in [5, 5.41) is 12.9. The summed E-state index contributed by atoms with van der Waals surface area (Å²) >= 11 is 0. The second-order valence-electron chi connectivity index (χ2n) is 7.94. The third-order valence-corrected chi connectivity index (χ3v) is 5.87. The summed E-state index contributed by atoms with van der Waals surface area (Å²) < 4.78 is 20.3. The number of aromatic nitrogens is 2. The van der Waals surface area contributed by atoms with Gasteiger partial charge in [-0.3, -0.25) is 14.2 Å². The van der Waals surface area contributed by atoms with Crippen LogP contribution < -0.4 is 15.8 Å². The average molecular weight is 416 g/mol. The summed E-state index contributed by atoms with van der Waals surface area (Å²) in [7, 11) is 1.53. The van der Waals surface area contributed by atoms with E-state index in [2.05, 4.69) is 10.3 Å². The Balaban J connectivity index is 1.58. The monoisotopic (exact) mass is 416 g/mol. The molecule has 2 aromatic rings. The molecule has 1 aliphatic carbocycles. The third-order valence-electron chi connectivity index (χ3n) is 5.87. The van der Waals surface area contributed by atoms with Crippen LogP contribution in [0, 0.1) is 5.82 Å². The molecule has 9 heteroatoms. The molecule has 2 N–H and O–H groups in total. The summed E-state index contributed by atoms with van der Waals surface area (Å²) in [4.78, 5) is 31.5. The van der Waals surface area contributed by atoms with Crippen molar-refractivity contribution in [2.45, 2.75) is 37.8 Å². The van der Waals surface area contributed by atoms with Crippen LogP contribution in [-0.2, 0) is 18.3 Å². The Bertz CT molecular complexity index is 999. The lowest BCUT2D eigenvalue weighted by Crippen LogP contribution is -2.52. The lowest BCUT2D eigenvalue weighted by molar-refractivity contribution is -0.0507. The van der Waals surface area contributed by atoms with Gasteiger partial charge in [-0.25, -0.2) is 9.37 Å². The highest BCUT2D eigenvalue weighted by Crippen LogP contribution is 2.36. The van der Waals surface area contributed by atoms with Crippen LogP contribution in [0.1, 0.15) is 41.7 Å². The molecule has 2 aliphatic rings. The average Bonchev–Trinajstić information content (AvgIpc) is 3.19. The van der Waals surface area contributed by atoms with Crippen molar-refractivity contribution in [2.75, 3.05) is 24.6 Å². The van der Waals surface area contributed by atoms with Gasteiger partial charge >= 0.3 is 0 Å². The van der Waals surface area contributed by atoms with Crippen LogP contribution in [0.15, 0.2) is 29.1 Å². The largest absolute Gasteiger partial charge is 0.501 e. The first kappa shape index (κ1) is 20.3. The Morgan fingerprint density at radius 3 is 2.70 bits per heavy atom. The van der Waals surface area contributed by atoms with Crippen LogP contribution in [0.25, 0.3) is 0 Å². The van der Waals surface area contributed by atoms with Crippen molar-refractivity contribution in [1.29, 1.82) is 0 Å². The predicted molar refractivity (Wildman–Crippen MR) is 108 cm³/mol. The van der Waals surface area contributed by atoms with E-state index in [-0.39, 0.29) is 23.7 Å². The highest BCUT2D eigenvalue weighted by molar-refractivity contribution is 5.95. The maximum absolute atomic E-state index is 13.0. The van der Waals surface area contributed by atoms with Crippen molar-refractivity contribution in [3.63, 3.8) is 0 Å². The van der Waals surface area contributed by atoms with Crippen LogP contribution in [0.5, 0.6) is 5.75 Å². The van der Waals surface area contributed by atoms with Crippen LogP contribution >= 0.6 is 0 Å². The van der Waals surface area contributed by atoms with Gasteiger partial charge in [0.15, 0.2) is 5.69 Å². The van der Waals surface area contributed by atoms with E-state index < -0.39 is 17.2 Å². The van der Waals surface area contributed by atoms with Gasteiger partial charge in [-0.05, 0) is 30.5 Å². The molecule has 0 atom stereocenters. The fraction of sp³-hybridized carbons (Fsp3) is 0.476. The Kier molecular flexibility index (Phi) is 5.46. The van der Waals surface area contributed by atoms with Crippen LogP contribution in [0.3, 0.4) is 0 Å². The predicted octanol–water partition coefficient (Wildman–Crippen LogP) is 1.70. The number of aromatic hydroxyl groups is 1. The van der Waals surface area contributed by atoms with E-state index >= 15 is 0 Å². The minimum atomic E-state index is -0.693. The first-order chi connectivity index (χ1) is 14.4. The quantitative estimate of drug-likeness (QED) is 0.788. The minimum absolute atomic E-state index is 0.117. The molecule has 0 radical (unpaired) electrons. The van der Waals surface area contributed by atoms with Gasteiger partial charge in [-0.1, -0.05) is 25.0 Å². The van der Waals surface area contributed by atoms with E-state index in [9.17, 15) is 19.1 Å². The molecule has 1 aliphatic heterocycles. The fourth-order valence-electron chi connectivity index (χ4n) is 4.23. The van der Waals surface area contributed by atoms with Gasteiger partial charge in [-0.15, -0.1) is 0 Å². The molecule has 8 nitrogen and oxygen atoms in total. The Morgan fingerprint density at radius 1 is 1.30 bits per heavy atom. The van der Waals surface area contributed by atoms with Gasteiger partial charge in [0.25, 0.3) is 11.5 Å². The normalized spacial score (nSPS) is 18.0. The molecule has 0 unspecified atom stereocenters. The molecule has 1 aromatic heterocycles. The number of amides is 1. The topological polar surface area (TPSA) is 96.7 Å². The lowest BCUT2D eigenvalue weighted by Gasteiger charge is -2.41. The number of carbonyl (C=O) groups is 1. The van der Waals surface area contributed by atoms with Crippen molar-refractivity contribution in [3.8, 4) is 5.75 Å². The van der Waals surface area contributed by atoms with Gasteiger partial charge in [-0.2, -0.15) is 0 Å². The molecular formula is C21H25FN4O4. The van der Waals surface area contributed by atoms with E-state index in [1.807, 2.05) is 4.90 Å². The molecule has 0 bridgehead atoms. The van der Waals surface area contributed by atoms with Gasteiger partial charge in [0, 0.05) is 26.7 Å². The molecule has 1 amide bonds.